The van der Waals surface area contributed by atoms with Gasteiger partial charge in [-0.15, -0.1) is 10.2 Å². The Morgan fingerprint density at radius 3 is 2.69 bits per heavy atom. The Bertz CT molecular complexity index is 1360. The predicted molar refractivity (Wildman–Crippen MR) is 117 cm³/mol. The number of para-hydroxylation sites is 1. The summed E-state index contributed by atoms with van der Waals surface area (Å²) in [4.78, 5) is 20.4. The van der Waals surface area contributed by atoms with Crippen LogP contribution < -0.4 is 5.32 Å². The number of rotatable bonds is 4. The highest BCUT2D eigenvalue weighted by Crippen LogP contribution is 2.26. The van der Waals surface area contributed by atoms with E-state index in [2.05, 4.69) is 25.5 Å². The van der Waals surface area contributed by atoms with Gasteiger partial charge in [-0.25, -0.2) is 4.98 Å². The summed E-state index contributed by atoms with van der Waals surface area (Å²) < 4.78 is 0. The van der Waals surface area contributed by atoms with E-state index in [1.54, 1.807) is 0 Å². The van der Waals surface area contributed by atoms with Crippen molar-refractivity contribution in [3.63, 3.8) is 0 Å². The van der Waals surface area contributed by atoms with Crippen LogP contribution in [0.5, 0.6) is 0 Å². The molecule has 1 unspecified atom stereocenters. The Morgan fingerprint density at radius 1 is 1.00 bits per heavy atom. The van der Waals surface area contributed by atoms with Crippen molar-refractivity contribution in [3.05, 3.63) is 66.7 Å². The highest BCUT2D eigenvalue weighted by molar-refractivity contribution is 8.00. The van der Waals surface area contributed by atoms with Crippen LogP contribution >= 0.6 is 11.8 Å². The number of carbonyl (C=O) groups excluding carboxylic acids is 1. The Balaban J connectivity index is 1.33. The van der Waals surface area contributed by atoms with Gasteiger partial charge in [0.15, 0.2) is 5.65 Å². The average molecular weight is 399 g/mol. The lowest BCUT2D eigenvalue weighted by atomic mass is 10.1. The molecule has 0 bridgehead atoms. The maximum atomic E-state index is 12.6. The summed E-state index contributed by atoms with van der Waals surface area (Å²) >= 11 is 1.28. The van der Waals surface area contributed by atoms with E-state index < -0.39 is 0 Å². The lowest BCUT2D eigenvalue weighted by Gasteiger charge is -2.11. The zero-order valence-electron chi connectivity index (χ0n) is 15.6. The molecule has 3 aromatic carbocycles. The first-order valence-electron chi connectivity index (χ1n) is 9.25. The van der Waals surface area contributed by atoms with Gasteiger partial charge in [-0.2, -0.15) is 0 Å². The van der Waals surface area contributed by atoms with Crippen LogP contribution in [-0.4, -0.2) is 31.3 Å². The molecule has 0 spiro atoms. The largest absolute Gasteiger partial charge is 0.338 e. The number of H-pyrrole nitrogens is 1. The third-order valence-corrected chi connectivity index (χ3v) is 5.72. The molecular weight excluding hydrogens is 382 g/mol. The molecule has 6 nitrogen and oxygen atoms in total. The fourth-order valence-electron chi connectivity index (χ4n) is 3.28. The van der Waals surface area contributed by atoms with E-state index in [1.807, 2.05) is 73.7 Å². The molecule has 7 heteroatoms. The van der Waals surface area contributed by atoms with Gasteiger partial charge in [-0.05, 0) is 35.9 Å². The minimum atomic E-state index is -0.370. The molecule has 142 valence electrons. The molecule has 1 amide bonds. The molecule has 2 aromatic heterocycles. The van der Waals surface area contributed by atoms with Crippen molar-refractivity contribution in [1.29, 1.82) is 0 Å². The van der Waals surface area contributed by atoms with E-state index in [1.165, 1.54) is 11.8 Å². The van der Waals surface area contributed by atoms with Crippen molar-refractivity contribution >= 4 is 56.2 Å². The Hall–Kier alpha value is -3.45. The summed E-state index contributed by atoms with van der Waals surface area (Å²) in [6, 6.07) is 21.8. The minimum absolute atomic E-state index is 0.106. The maximum Gasteiger partial charge on any atom is 0.237 e. The van der Waals surface area contributed by atoms with Crippen LogP contribution in [0.2, 0.25) is 0 Å². The van der Waals surface area contributed by atoms with Crippen molar-refractivity contribution < 1.29 is 4.79 Å². The van der Waals surface area contributed by atoms with E-state index in [-0.39, 0.29) is 11.2 Å². The number of carbonyl (C=O) groups is 1. The lowest BCUT2D eigenvalue weighted by Crippen LogP contribution is -2.22. The second kappa shape index (κ2) is 7.18. The first-order valence-corrected chi connectivity index (χ1v) is 10.1. The van der Waals surface area contributed by atoms with Gasteiger partial charge < -0.3 is 10.3 Å². The predicted octanol–water partition coefficient (Wildman–Crippen LogP) is 4.78. The molecule has 0 aliphatic rings. The molecule has 2 heterocycles. The molecule has 0 fully saturated rings. The maximum absolute atomic E-state index is 12.6. The van der Waals surface area contributed by atoms with E-state index in [0.717, 1.165) is 32.9 Å². The number of thioether (sulfide) groups is 1. The van der Waals surface area contributed by atoms with Crippen LogP contribution in [0.15, 0.2) is 71.9 Å². The molecule has 1 atom stereocenters. The molecule has 0 radical (unpaired) electrons. The van der Waals surface area contributed by atoms with Crippen molar-refractivity contribution in [3.8, 4) is 0 Å². The lowest BCUT2D eigenvalue weighted by molar-refractivity contribution is -0.115. The van der Waals surface area contributed by atoms with E-state index in [0.29, 0.717) is 10.8 Å². The number of nitrogens with zero attached hydrogens (tertiary/aromatic N) is 3. The van der Waals surface area contributed by atoms with Gasteiger partial charge in [-0.3, -0.25) is 4.79 Å². The minimum Gasteiger partial charge on any atom is -0.338 e. The van der Waals surface area contributed by atoms with Gasteiger partial charge in [0.05, 0.1) is 5.25 Å². The van der Waals surface area contributed by atoms with Crippen LogP contribution in [0.25, 0.3) is 32.8 Å². The molecule has 0 aliphatic carbocycles. The number of anilines is 1. The first-order chi connectivity index (χ1) is 14.2. The molecule has 0 aliphatic heterocycles. The van der Waals surface area contributed by atoms with E-state index >= 15 is 0 Å². The summed E-state index contributed by atoms with van der Waals surface area (Å²) in [5.74, 6) is -0.106. The van der Waals surface area contributed by atoms with Gasteiger partial charge in [0.25, 0.3) is 0 Å². The first kappa shape index (κ1) is 17.6. The third-order valence-electron chi connectivity index (χ3n) is 4.77. The number of nitrogens with one attached hydrogen (secondary N) is 2. The summed E-state index contributed by atoms with van der Waals surface area (Å²) in [7, 11) is 0. The molecular formula is C22H17N5OS. The summed E-state index contributed by atoms with van der Waals surface area (Å²) in [5, 5.41) is 14.8. The standard InChI is InChI=1S/C22H17N5OS/c1-13(21(28)23-16-11-10-14-6-2-3-7-15(14)12-16)29-22-25-20-19(26-27-22)17-8-4-5-9-18(17)24-20/h2-13H,1H3,(H,23,28)(H,24,25,27). The fraction of sp³-hybridized carbons (Fsp3) is 0.0909. The average Bonchev–Trinajstić information content (AvgIpc) is 3.11. The van der Waals surface area contributed by atoms with Gasteiger partial charge in [0.1, 0.15) is 5.52 Å². The van der Waals surface area contributed by atoms with Crippen molar-refractivity contribution in [1.82, 2.24) is 20.2 Å². The number of benzene rings is 3. The molecule has 29 heavy (non-hydrogen) atoms. The number of fused-ring (bicyclic) bond motifs is 4. The third kappa shape index (κ3) is 3.40. The zero-order valence-corrected chi connectivity index (χ0v) is 16.4. The van der Waals surface area contributed by atoms with Crippen LogP contribution in [0.4, 0.5) is 5.69 Å². The number of aromatic amines is 1. The molecule has 2 N–H and O–H groups in total. The molecule has 5 rings (SSSR count). The Morgan fingerprint density at radius 2 is 1.79 bits per heavy atom. The normalized spacial score (nSPS) is 12.4. The van der Waals surface area contributed by atoms with Gasteiger partial charge >= 0.3 is 0 Å². The smallest absolute Gasteiger partial charge is 0.237 e. The highest BCUT2D eigenvalue weighted by Gasteiger charge is 2.18. The van der Waals surface area contributed by atoms with Gasteiger partial charge in [0.2, 0.25) is 11.1 Å². The van der Waals surface area contributed by atoms with Crippen LogP contribution in [-0.2, 0) is 4.79 Å². The van der Waals surface area contributed by atoms with Crippen LogP contribution in [0.1, 0.15) is 6.92 Å². The number of hydrogen-bond acceptors (Lipinski definition) is 5. The molecule has 0 saturated carbocycles. The van der Waals surface area contributed by atoms with Crippen molar-refractivity contribution in [2.75, 3.05) is 5.32 Å². The van der Waals surface area contributed by atoms with Crippen molar-refractivity contribution in [2.45, 2.75) is 17.3 Å². The second-order valence-electron chi connectivity index (χ2n) is 6.77. The fourth-order valence-corrected chi connectivity index (χ4v) is 3.99. The number of aromatic nitrogens is 4. The van der Waals surface area contributed by atoms with E-state index in [9.17, 15) is 4.79 Å². The summed E-state index contributed by atoms with van der Waals surface area (Å²) in [6.45, 7) is 1.83. The monoisotopic (exact) mass is 399 g/mol. The molecule has 5 aromatic rings. The van der Waals surface area contributed by atoms with Crippen LogP contribution in [0.3, 0.4) is 0 Å². The Labute approximate surface area is 170 Å². The highest BCUT2D eigenvalue weighted by atomic mass is 32.2. The summed E-state index contributed by atoms with van der Waals surface area (Å²) in [6.07, 6.45) is 0. The topological polar surface area (TPSA) is 83.6 Å². The number of hydrogen-bond donors (Lipinski definition) is 2. The van der Waals surface area contributed by atoms with Gasteiger partial charge in [0, 0.05) is 16.6 Å². The quantitative estimate of drug-likeness (QED) is 0.425. The zero-order chi connectivity index (χ0) is 19.8. The van der Waals surface area contributed by atoms with E-state index in [4.69, 9.17) is 0 Å². The SMILES string of the molecule is CC(Sc1nnc2c(n1)[nH]c1ccccc12)C(=O)Nc1ccc2ccccc2c1. The number of amides is 1. The van der Waals surface area contributed by atoms with Gasteiger partial charge in [-0.1, -0.05) is 60.3 Å². The summed E-state index contributed by atoms with van der Waals surface area (Å²) in [5.41, 5.74) is 3.14. The Kier molecular flexibility index (Phi) is 4.37. The molecule has 0 saturated heterocycles. The van der Waals surface area contributed by atoms with Crippen molar-refractivity contribution in [2.24, 2.45) is 0 Å². The second-order valence-corrected chi connectivity index (χ2v) is 8.08. The van der Waals surface area contributed by atoms with Crippen LogP contribution in [0, 0.1) is 0 Å².